The first-order chi connectivity index (χ1) is 6.77. The van der Waals surface area contributed by atoms with Gasteiger partial charge in [-0.2, -0.15) is 0 Å². The molecule has 0 spiro atoms. The molecule has 1 unspecified atom stereocenters. The molecule has 0 aromatic rings. The van der Waals surface area contributed by atoms with Gasteiger partial charge < -0.3 is 10.2 Å². The number of nitrogens with one attached hydrogen (secondary N) is 1. The topological polar surface area (TPSA) is 32.3 Å². The van der Waals surface area contributed by atoms with E-state index >= 15 is 0 Å². The van der Waals surface area contributed by atoms with E-state index in [2.05, 4.69) is 19.2 Å². The number of nitrogens with zero attached hydrogens (tertiary/aromatic N) is 1. The highest BCUT2D eigenvalue weighted by molar-refractivity contribution is 5.76. The average Bonchev–Trinajstić information content (AvgIpc) is 2.66. The molecule has 0 aromatic heterocycles. The van der Waals surface area contributed by atoms with E-state index in [0.717, 1.165) is 32.5 Å². The second kappa shape index (κ2) is 6.02. The summed E-state index contributed by atoms with van der Waals surface area (Å²) < 4.78 is 0. The van der Waals surface area contributed by atoms with Gasteiger partial charge in [0.15, 0.2) is 0 Å². The van der Waals surface area contributed by atoms with Crippen molar-refractivity contribution in [3.8, 4) is 0 Å². The van der Waals surface area contributed by atoms with E-state index in [0.29, 0.717) is 18.4 Å². The van der Waals surface area contributed by atoms with Gasteiger partial charge in [0.2, 0.25) is 5.91 Å². The normalized spacial score (nSPS) is 21.1. The molecule has 1 rings (SSSR count). The van der Waals surface area contributed by atoms with Crippen molar-refractivity contribution in [3.05, 3.63) is 0 Å². The van der Waals surface area contributed by atoms with Gasteiger partial charge >= 0.3 is 0 Å². The van der Waals surface area contributed by atoms with Crippen LogP contribution in [0, 0.1) is 0 Å². The largest absolute Gasteiger partial charge is 0.343 e. The molecular weight excluding hydrogens is 176 g/mol. The van der Waals surface area contributed by atoms with Crippen molar-refractivity contribution < 1.29 is 4.79 Å². The number of carbonyl (C=O) groups is 1. The van der Waals surface area contributed by atoms with Crippen molar-refractivity contribution in [1.82, 2.24) is 10.2 Å². The fourth-order valence-electron chi connectivity index (χ4n) is 2.00. The van der Waals surface area contributed by atoms with Gasteiger partial charge in [0.1, 0.15) is 0 Å². The number of hydrogen-bond donors (Lipinski definition) is 1. The Bertz CT molecular complexity index is 176. The molecule has 1 aliphatic rings. The first kappa shape index (κ1) is 11.5. The van der Waals surface area contributed by atoms with Crippen molar-refractivity contribution in [2.24, 2.45) is 0 Å². The highest BCUT2D eigenvalue weighted by atomic mass is 16.2. The smallest absolute Gasteiger partial charge is 0.224 e. The van der Waals surface area contributed by atoms with Gasteiger partial charge in [-0.3, -0.25) is 4.79 Å². The van der Waals surface area contributed by atoms with E-state index < -0.39 is 0 Å². The molecule has 0 aliphatic carbocycles. The Hall–Kier alpha value is -0.570. The number of carbonyl (C=O) groups excluding carboxylic acids is 1. The van der Waals surface area contributed by atoms with Gasteiger partial charge in [0.25, 0.3) is 0 Å². The Balaban J connectivity index is 2.30. The van der Waals surface area contributed by atoms with Crippen LogP contribution in [0.3, 0.4) is 0 Å². The van der Waals surface area contributed by atoms with E-state index in [-0.39, 0.29) is 0 Å². The Labute approximate surface area is 86.9 Å². The third-order valence-electron chi connectivity index (χ3n) is 2.81. The average molecular weight is 198 g/mol. The maximum absolute atomic E-state index is 11.8. The number of rotatable bonds is 5. The van der Waals surface area contributed by atoms with Crippen LogP contribution in [0.2, 0.25) is 0 Å². The predicted molar refractivity (Wildman–Crippen MR) is 58.2 cm³/mol. The lowest BCUT2D eigenvalue weighted by atomic mass is 10.1. The molecule has 82 valence electrons. The van der Waals surface area contributed by atoms with Crippen LogP contribution in [-0.2, 0) is 4.79 Å². The van der Waals surface area contributed by atoms with Crippen molar-refractivity contribution >= 4 is 5.91 Å². The molecule has 1 fully saturated rings. The predicted octanol–water partition coefficient (Wildman–Crippen LogP) is 1.39. The molecule has 1 heterocycles. The third-order valence-corrected chi connectivity index (χ3v) is 2.81. The summed E-state index contributed by atoms with van der Waals surface area (Å²) in [6.07, 6.45) is 4.12. The van der Waals surface area contributed by atoms with Crippen LogP contribution in [0.5, 0.6) is 0 Å². The molecule has 1 atom stereocenters. The molecule has 3 heteroatoms. The first-order valence-electron chi connectivity index (χ1n) is 5.79. The molecule has 1 amide bonds. The maximum atomic E-state index is 11.8. The highest BCUT2D eigenvalue weighted by Crippen LogP contribution is 2.10. The van der Waals surface area contributed by atoms with E-state index in [4.69, 9.17) is 0 Å². The van der Waals surface area contributed by atoms with Gasteiger partial charge in [-0.05, 0) is 32.7 Å². The van der Waals surface area contributed by atoms with Crippen LogP contribution in [0.25, 0.3) is 0 Å². The van der Waals surface area contributed by atoms with E-state index in [1.807, 2.05) is 4.90 Å². The lowest BCUT2D eigenvalue weighted by Gasteiger charge is -2.21. The molecule has 0 saturated carbocycles. The highest BCUT2D eigenvalue weighted by Gasteiger charge is 2.20. The summed E-state index contributed by atoms with van der Waals surface area (Å²) in [5, 5.41) is 3.36. The van der Waals surface area contributed by atoms with Crippen molar-refractivity contribution in [2.45, 2.75) is 45.6 Å². The fraction of sp³-hybridized carbons (Fsp3) is 0.909. The van der Waals surface area contributed by atoms with Crippen molar-refractivity contribution in [2.75, 3.05) is 19.6 Å². The molecule has 1 N–H and O–H groups in total. The second-order valence-corrected chi connectivity index (χ2v) is 3.97. The minimum absolute atomic E-state index is 0.314. The molecule has 3 nitrogen and oxygen atoms in total. The summed E-state index contributed by atoms with van der Waals surface area (Å²) >= 11 is 0. The third kappa shape index (κ3) is 3.29. The SMILES string of the molecule is CCCN(CC)C(=O)CC1CCCN1. The Kier molecular flexibility index (Phi) is 4.94. The number of amides is 1. The van der Waals surface area contributed by atoms with Gasteiger partial charge in [-0.15, -0.1) is 0 Å². The lowest BCUT2D eigenvalue weighted by Crippen LogP contribution is -2.36. The Morgan fingerprint density at radius 1 is 1.50 bits per heavy atom. The summed E-state index contributed by atoms with van der Waals surface area (Å²) in [6, 6.07) is 0.438. The summed E-state index contributed by atoms with van der Waals surface area (Å²) in [5.74, 6) is 0.314. The van der Waals surface area contributed by atoms with Crippen molar-refractivity contribution in [3.63, 3.8) is 0 Å². The first-order valence-corrected chi connectivity index (χ1v) is 5.79. The van der Waals surface area contributed by atoms with Crippen LogP contribution in [-0.4, -0.2) is 36.5 Å². The van der Waals surface area contributed by atoms with E-state index in [1.54, 1.807) is 0 Å². The molecule has 1 saturated heterocycles. The Morgan fingerprint density at radius 2 is 2.29 bits per heavy atom. The maximum Gasteiger partial charge on any atom is 0.224 e. The van der Waals surface area contributed by atoms with Crippen LogP contribution in [0.15, 0.2) is 0 Å². The lowest BCUT2D eigenvalue weighted by molar-refractivity contribution is -0.131. The van der Waals surface area contributed by atoms with Gasteiger partial charge in [0.05, 0.1) is 0 Å². The quantitative estimate of drug-likeness (QED) is 0.724. The molecular formula is C11H22N2O. The van der Waals surface area contributed by atoms with Crippen molar-refractivity contribution in [1.29, 1.82) is 0 Å². The zero-order valence-electron chi connectivity index (χ0n) is 9.38. The molecule has 0 radical (unpaired) electrons. The molecule has 0 bridgehead atoms. The fourth-order valence-corrected chi connectivity index (χ4v) is 2.00. The van der Waals surface area contributed by atoms with Gasteiger partial charge in [0, 0.05) is 25.6 Å². The molecule has 0 aromatic carbocycles. The van der Waals surface area contributed by atoms with E-state index in [1.165, 1.54) is 6.42 Å². The zero-order chi connectivity index (χ0) is 10.4. The summed E-state index contributed by atoms with van der Waals surface area (Å²) in [7, 11) is 0. The van der Waals surface area contributed by atoms with Gasteiger partial charge in [-0.1, -0.05) is 6.92 Å². The molecule has 14 heavy (non-hydrogen) atoms. The monoisotopic (exact) mass is 198 g/mol. The van der Waals surface area contributed by atoms with Crippen LogP contribution in [0.4, 0.5) is 0 Å². The van der Waals surface area contributed by atoms with Crippen LogP contribution >= 0.6 is 0 Å². The second-order valence-electron chi connectivity index (χ2n) is 3.97. The summed E-state index contributed by atoms with van der Waals surface area (Å²) in [5.41, 5.74) is 0. The standard InChI is InChI=1S/C11H22N2O/c1-3-8-13(4-2)11(14)9-10-6-5-7-12-10/h10,12H,3-9H2,1-2H3. The summed E-state index contributed by atoms with van der Waals surface area (Å²) in [4.78, 5) is 13.8. The Morgan fingerprint density at radius 3 is 2.79 bits per heavy atom. The summed E-state index contributed by atoms with van der Waals surface area (Å²) in [6.45, 7) is 7.00. The van der Waals surface area contributed by atoms with E-state index in [9.17, 15) is 4.79 Å². The molecule has 1 aliphatic heterocycles. The zero-order valence-corrected chi connectivity index (χ0v) is 9.38. The van der Waals surface area contributed by atoms with Crippen LogP contribution < -0.4 is 5.32 Å². The minimum Gasteiger partial charge on any atom is -0.343 e. The minimum atomic E-state index is 0.314. The van der Waals surface area contributed by atoms with Crippen LogP contribution in [0.1, 0.15) is 39.5 Å². The number of hydrogen-bond acceptors (Lipinski definition) is 2. The van der Waals surface area contributed by atoms with Gasteiger partial charge in [-0.25, -0.2) is 0 Å².